The molecular formula is C12H19N5O. The van der Waals surface area contributed by atoms with E-state index in [2.05, 4.69) is 9.97 Å². The molecule has 1 aliphatic rings. The number of carbonyl (C=O) groups is 1. The van der Waals surface area contributed by atoms with Gasteiger partial charge in [-0.05, 0) is 19.8 Å². The van der Waals surface area contributed by atoms with Gasteiger partial charge >= 0.3 is 0 Å². The van der Waals surface area contributed by atoms with Gasteiger partial charge in [-0.15, -0.1) is 0 Å². The first-order chi connectivity index (χ1) is 8.56. The second-order valence-corrected chi connectivity index (χ2v) is 4.73. The number of aryl methyl sites for hydroxylation is 1. The number of nitrogens with zero attached hydrogens (tertiary/aromatic N) is 3. The van der Waals surface area contributed by atoms with Crippen molar-refractivity contribution in [2.75, 3.05) is 17.2 Å². The predicted octanol–water partition coefficient (Wildman–Crippen LogP) is 0.602. The fraction of sp³-hybridized carbons (Fsp3) is 0.583. The zero-order chi connectivity index (χ0) is 13.1. The van der Waals surface area contributed by atoms with Crippen LogP contribution >= 0.6 is 0 Å². The van der Waals surface area contributed by atoms with Crippen LogP contribution in [0.2, 0.25) is 0 Å². The second kappa shape index (κ2) is 5.20. The molecule has 4 N–H and O–H groups in total. The predicted molar refractivity (Wildman–Crippen MR) is 70.0 cm³/mol. The average molecular weight is 249 g/mol. The Morgan fingerprint density at radius 1 is 1.44 bits per heavy atom. The Bertz CT molecular complexity index is 422. The van der Waals surface area contributed by atoms with Crippen molar-refractivity contribution in [1.82, 2.24) is 9.97 Å². The molecule has 98 valence electrons. The Balaban J connectivity index is 2.28. The summed E-state index contributed by atoms with van der Waals surface area (Å²) >= 11 is 0. The topological polar surface area (TPSA) is 98.1 Å². The molecule has 18 heavy (non-hydrogen) atoms. The highest BCUT2D eigenvalue weighted by Crippen LogP contribution is 2.27. The smallest absolute Gasteiger partial charge is 0.237 e. The lowest BCUT2D eigenvalue weighted by Gasteiger charge is -2.29. The zero-order valence-electron chi connectivity index (χ0n) is 10.6. The number of aromatic nitrogens is 2. The van der Waals surface area contributed by atoms with Crippen molar-refractivity contribution in [3.8, 4) is 0 Å². The van der Waals surface area contributed by atoms with E-state index >= 15 is 0 Å². The Labute approximate surface area is 106 Å². The lowest BCUT2D eigenvalue weighted by molar-refractivity contribution is -0.116. The molecule has 1 aliphatic carbocycles. The highest BCUT2D eigenvalue weighted by Gasteiger charge is 2.25. The molecular weight excluding hydrogens is 230 g/mol. The Kier molecular flexibility index (Phi) is 3.64. The molecule has 6 nitrogen and oxygen atoms in total. The van der Waals surface area contributed by atoms with E-state index in [1.807, 2.05) is 4.90 Å². The SMILES string of the molecule is Cc1nc(N)cc(N(CC(N)=O)C2CCCC2)n1. The standard InChI is InChI=1S/C12H19N5O/c1-8-15-10(13)6-12(16-8)17(7-11(14)18)9-4-2-3-5-9/h6,9H,2-5,7H2,1H3,(H2,14,18)(H2,13,15,16). The van der Waals surface area contributed by atoms with Crippen LogP contribution in [0.3, 0.4) is 0 Å². The van der Waals surface area contributed by atoms with Crippen molar-refractivity contribution in [1.29, 1.82) is 0 Å². The third-order valence-corrected chi connectivity index (χ3v) is 3.23. The van der Waals surface area contributed by atoms with Crippen LogP contribution in [-0.2, 0) is 4.79 Å². The van der Waals surface area contributed by atoms with Gasteiger partial charge in [0.25, 0.3) is 0 Å². The third-order valence-electron chi connectivity index (χ3n) is 3.23. The van der Waals surface area contributed by atoms with Crippen LogP contribution in [0.4, 0.5) is 11.6 Å². The molecule has 0 unspecified atom stereocenters. The van der Waals surface area contributed by atoms with Gasteiger partial charge in [-0.3, -0.25) is 4.79 Å². The average Bonchev–Trinajstić information content (AvgIpc) is 2.77. The molecule has 1 fully saturated rings. The van der Waals surface area contributed by atoms with Crippen molar-refractivity contribution in [2.45, 2.75) is 38.6 Å². The molecule has 0 bridgehead atoms. The molecule has 1 aromatic heterocycles. The van der Waals surface area contributed by atoms with Gasteiger partial charge in [-0.2, -0.15) is 0 Å². The van der Waals surface area contributed by atoms with Crippen LogP contribution in [0.15, 0.2) is 6.07 Å². The molecule has 1 amide bonds. The molecule has 0 aliphatic heterocycles. The maximum atomic E-state index is 11.2. The van der Waals surface area contributed by atoms with Gasteiger partial charge in [0.05, 0.1) is 6.54 Å². The fourth-order valence-electron chi connectivity index (χ4n) is 2.50. The molecule has 0 radical (unpaired) electrons. The summed E-state index contributed by atoms with van der Waals surface area (Å²) in [5.41, 5.74) is 11.1. The quantitative estimate of drug-likeness (QED) is 0.814. The van der Waals surface area contributed by atoms with E-state index < -0.39 is 0 Å². The molecule has 1 heterocycles. The van der Waals surface area contributed by atoms with E-state index in [9.17, 15) is 4.79 Å². The van der Waals surface area contributed by atoms with Crippen LogP contribution in [0, 0.1) is 6.92 Å². The minimum absolute atomic E-state index is 0.181. The van der Waals surface area contributed by atoms with Gasteiger partial charge in [0.15, 0.2) is 0 Å². The van der Waals surface area contributed by atoms with Gasteiger partial charge in [-0.1, -0.05) is 12.8 Å². The number of nitrogens with two attached hydrogens (primary N) is 2. The molecule has 1 saturated carbocycles. The van der Waals surface area contributed by atoms with E-state index in [1.54, 1.807) is 13.0 Å². The van der Waals surface area contributed by atoms with Crippen LogP contribution in [0.5, 0.6) is 0 Å². The summed E-state index contributed by atoms with van der Waals surface area (Å²) in [6, 6.07) is 2.03. The summed E-state index contributed by atoms with van der Waals surface area (Å²) in [6.07, 6.45) is 4.49. The van der Waals surface area contributed by atoms with Gasteiger partial charge in [0.2, 0.25) is 5.91 Å². The summed E-state index contributed by atoms with van der Waals surface area (Å²) in [5.74, 6) is 1.38. The molecule has 0 aromatic carbocycles. The minimum Gasteiger partial charge on any atom is -0.384 e. The van der Waals surface area contributed by atoms with Gasteiger partial charge in [0, 0.05) is 12.1 Å². The maximum absolute atomic E-state index is 11.2. The fourth-order valence-corrected chi connectivity index (χ4v) is 2.50. The van der Waals surface area contributed by atoms with Crippen LogP contribution in [0.25, 0.3) is 0 Å². The summed E-state index contributed by atoms with van der Waals surface area (Å²) in [6.45, 7) is 1.97. The Hall–Kier alpha value is -1.85. The number of hydrogen-bond donors (Lipinski definition) is 2. The first-order valence-electron chi connectivity index (χ1n) is 6.22. The molecule has 6 heteroatoms. The zero-order valence-corrected chi connectivity index (χ0v) is 10.6. The largest absolute Gasteiger partial charge is 0.384 e. The van der Waals surface area contributed by atoms with E-state index in [0.29, 0.717) is 23.5 Å². The van der Waals surface area contributed by atoms with Crippen molar-refractivity contribution in [3.05, 3.63) is 11.9 Å². The lowest BCUT2D eigenvalue weighted by Crippen LogP contribution is -2.40. The monoisotopic (exact) mass is 249 g/mol. The van der Waals surface area contributed by atoms with Crippen molar-refractivity contribution < 1.29 is 4.79 Å². The molecule has 0 spiro atoms. The molecule has 0 atom stereocenters. The summed E-state index contributed by atoms with van der Waals surface area (Å²) in [5, 5.41) is 0. The minimum atomic E-state index is -0.350. The van der Waals surface area contributed by atoms with E-state index in [0.717, 1.165) is 12.8 Å². The first-order valence-corrected chi connectivity index (χ1v) is 6.22. The molecule has 0 saturated heterocycles. The van der Waals surface area contributed by atoms with Crippen LogP contribution in [-0.4, -0.2) is 28.5 Å². The molecule has 2 rings (SSSR count). The van der Waals surface area contributed by atoms with E-state index in [4.69, 9.17) is 11.5 Å². The number of amides is 1. The first kappa shape index (κ1) is 12.6. The summed E-state index contributed by atoms with van der Waals surface area (Å²) < 4.78 is 0. The highest BCUT2D eigenvalue weighted by atomic mass is 16.1. The van der Waals surface area contributed by atoms with Gasteiger partial charge in [0.1, 0.15) is 17.5 Å². The summed E-state index contributed by atoms with van der Waals surface area (Å²) in [7, 11) is 0. The summed E-state index contributed by atoms with van der Waals surface area (Å²) in [4.78, 5) is 21.6. The highest BCUT2D eigenvalue weighted by molar-refractivity contribution is 5.79. The number of rotatable bonds is 4. The number of hydrogen-bond acceptors (Lipinski definition) is 5. The van der Waals surface area contributed by atoms with Crippen molar-refractivity contribution in [3.63, 3.8) is 0 Å². The van der Waals surface area contributed by atoms with Crippen molar-refractivity contribution >= 4 is 17.5 Å². The van der Waals surface area contributed by atoms with E-state index in [1.165, 1.54) is 12.8 Å². The lowest BCUT2D eigenvalue weighted by atomic mass is 10.2. The second-order valence-electron chi connectivity index (χ2n) is 4.73. The number of nitrogen functional groups attached to an aromatic ring is 1. The number of primary amides is 1. The maximum Gasteiger partial charge on any atom is 0.237 e. The number of anilines is 2. The van der Waals surface area contributed by atoms with Crippen LogP contribution < -0.4 is 16.4 Å². The third kappa shape index (κ3) is 2.88. The Morgan fingerprint density at radius 3 is 2.67 bits per heavy atom. The van der Waals surface area contributed by atoms with Crippen molar-refractivity contribution in [2.24, 2.45) is 5.73 Å². The molecule has 1 aromatic rings. The van der Waals surface area contributed by atoms with Gasteiger partial charge in [-0.25, -0.2) is 9.97 Å². The Morgan fingerprint density at radius 2 is 2.11 bits per heavy atom. The number of carbonyl (C=O) groups excluding carboxylic acids is 1. The van der Waals surface area contributed by atoms with E-state index in [-0.39, 0.29) is 12.5 Å². The normalized spacial score (nSPS) is 15.8. The van der Waals surface area contributed by atoms with Gasteiger partial charge < -0.3 is 16.4 Å². The van der Waals surface area contributed by atoms with Crippen LogP contribution in [0.1, 0.15) is 31.5 Å².